The third kappa shape index (κ3) is 4.41. The van der Waals surface area contributed by atoms with Crippen LogP contribution < -0.4 is 0 Å². The van der Waals surface area contributed by atoms with E-state index in [1.165, 1.54) is 0 Å². The molecule has 77 valence electrons. The van der Waals surface area contributed by atoms with E-state index in [0.717, 1.165) is 0 Å². The molecule has 3 nitrogen and oxygen atoms in total. The maximum absolute atomic E-state index is 9.37. The number of rotatable bonds is 7. The van der Waals surface area contributed by atoms with Gasteiger partial charge in [0, 0.05) is 6.61 Å². The molecule has 0 fully saturated rings. The van der Waals surface area contributed by atoms with E-state index < -0.39 is 11.7 Å². The van der Waals surface area contributed by atoms with Crippen LogP contribution in [-0.2, 0) is 4.74 Å². The molecule has 0 aliphatic heterocycles. The largest absolute Gasteiger partial charge is 0.396 e. The summed E-state index contributed by atoms with van der Waals surface area (Å²) in [4.78, 5) is 0. The molecular formula is C10H19O3. The van der Waals surface area contributed by atoms with Crippen LogP contribution in [0.4, 0.5) is 0 Å². The highest BCUT2D eigenvalue weighted by Gasteiger charge is 2.29. The lowest BCUT2D eigenvalue weighted by Gasteiger charge is -2.32. The van der Waals surface area contributed by atoms with Crippen molar-refractivity contribution >= 4 is 0 Å². The van der Waals surface area contributed by atoms with Gasteiger partial charge in [-0.25, -0.2) is 0 Å². The Morgan fingerprint density at radius 2 is 2.23 bits per heavy atom. The standard InChI is InChI=1S/C10H19O3/c1-4-8-13-10(3,9(2)12)6-5-7-11/h4,9,11-12H,1-2,5-8H2,3H3. The Labute approximate surface area is 80.0 Å². The van der Waals surface area contributed by atoms with Gasteiger partial charge in [-0.1, -0.05) is 6.08 Å². The minimum Gasteiger partial charge on any atom is -0.396 e. The maximum Gasteiger partial charge on any atom is 0.0917 e. The van der Waals surface area contributed by atoms with E-state index in [2.05, 4.69) is 13.5 Å². The van der Waals surface area contributed by atoms with Crippen LogP contribution in [-0.4, -0.2) is 35.1 Å². The molecule has 0 bridgehead atoms. The fourth-order valence-electron chi connectivity index (χ4n) is 1.01. The Bertz CT molecular complexity index is 145. The van der Waals surface area contributed by atoms with Gasteiger partial charge in [0.15, 0.2) is 0 Å². The van der Waals surface area contributed by atoms with E-state index in [0.29, 0.717) is 19.4 Å². The molecule has 0 aromatic rings. The SMILES string of the molecule is [CH2]C(O)C(C)(CCCO)OCC=C. The topological polar surface area (TPSA) is 49.7 Å². The summed E-state index contributed by atoms with van der Waals surface area (Å²) in [5.74, 6) is 0. The predicted octanol–water partition coefficient (Wildman–Crippen LogP) is 0.915. The lowest BCUT2D eigenvalue weighted by atomic mass is 9.94. The molecule has 0 spiro atoms. The highest BCUT2D eigenvalue weighted by Crippen LogP contribution is 2.21. The van der Waals surface area contributed by atoms with Crippen molar-refractivity contribution in [3.8, 4) is 0 Å². The van der Waals surface area contributed by atoms with Crippen LogP contribution in [0.1, 0.15) is 19.8 Å². The molecule has 0 aliphatic rings. The molecule has 0 heterocycles. The van der Waals surface area contributed by atoms with Crippen molar-refractivity contribution in [2.24, 2.45) is 0 Å². The van der Waals surface area contributed by atoms with Crippen molar-refractivity contribution in [2.75, 3.05) is 13.2 Å². The van der Waals surface area contributed by atoms with Gasteiger partial charge < -0.3 is 14.9 Å². The zero-order chi connectivity index (χ0) is 10.3. The second kappa shape index (κ2) is 6.13. The van der Waals surface area contributed by atoms with Crippen LogP contribution in [0, 0.1) is 6.92 Å². The summed E-state index contributed by atoms with van der Waals surface area (Å²) in [5.41, 5.74) is -0.684. The van der Waals surface area contributed by atoms with Gasteiger partial charge in [0.1, 0.15) is 0 Å². The summed E-state index contributed by atoms with van der Waals surface area (Å²) in [6.45, 7) is 9.32. The van der Waals surface area contributed by atoms with E-state index in [9.17, 15) is 5.11 Å². The molecule has 2 unspecified atom stereocenters. The molecule has 0 saturated carbocycles. The number of aliphatic hydroxyl groups is 2. The number of hydrogen-bond donors (Lipinski definition) is 2. The van der Waals surface area contributed by atoms with Crippen molar-refractivity contribution in [1.82, 2.24) is 0 Å². The molecule has 2 N–H and O–H groups in total. The fourth-order valence-corrected chi connectivity index (χ4v) is 1.01. The summed E-state index contributed by atoms with van der Waals surface area (Å²) < 4.78 is 5.40. The predicted molar refractivity (Wildman–Crippen MR) is 52.2 cm³/mol. The van der Waals surface area contributed by atoms with Gasteiger partial charge >= 0.3 is 0 Å². The summed E-state index contributed by atoms with van der Waals surface area (Å²) in [6, 6.07) is 0. The second-order valence-electron chi connectivity index (χ2n) is 3.26. The summed E-state index contributed by atoms with van der Waals surface area (Å²) >= 11 is 0. The minimum atomic E-state index is -0.793. The van der Waals surface area contributed by atoms with E-state index in [4.69, 9.17) is 9.84 Å². The summed E-state index contributed by atoms with van der Waals surface area (Å²) in [6.07, 6.45) is 2.01. The van der Waals surface area contributed by atoms with Gasteiger partial charge in [0.25, 0.3) is 0 Å². The third-order valence-corrected chi connectivity index (χ3v) is 2.07. The second-order valence-corrected chi connectivity index (χ2v) is 3.26. The molecule has 3 heteroatoms. The normalized spacial score (nSPS) is 17.8. The van der Waals surface area contributed by atoms with Crippen molar-refractivity contribution in [3.63, 3.8) is 0 Å². The van der Waals surface area contributed by atoms with Gasteiger partial charge in [0.2, 0.25) is 0 Å². The molecule has 13 heavy (non-hydrogen) atoms. The van der Waals surface area contributed by atoms with Crippen LogP contribution in [0.15, 0.2) is 12.7 Å². The van der Waals surface area contributed by atoms with Gasteiger partial charge in [-0.05, 0) is 26.7 Å². The van der Waals surface area contributed by atoms with Crippen LogP contribution in [0.3, 0.4) is 0 Å². The molecule has 0 aliphatic carbocycles. The molecular weight excluding hydrogens is 168 g/mol. The first kappa shape index (κ1) is 12.6. The lowest BCUT2D eigenvalue weighted by molar-refractivity contribution is -0.0932. The number of ether oxygens (including phenoxy) is 1. The summed E-state index contributed by atoms with van der Waals surface area (Å²) in [7, 11) is 0. The molecule has 0 aromatic carbocycles. The Balaban J connectivity index is 4.07. The number of hydrogen-bond acceptors (Lipinski definition) is 3. The maximum atomic E-state index is 9.37. The van der Waals surface area contributed by atoms with Crippen molar-refractivity contribution in [2.45, 2.75) is 31.5 Å². The van der Waals surface area contributed by atoms with Crippen molar-refractivity contribution in [1.29, 1.82) is 0 Å². The van der Waals surface area contributed by atoms with Gasteiger partial charge in [-0.2, -0.15) is 0 Å². The average molecular weight is 187 g/mol. The Hall–Kier alpha value is -0.380. The highest BCUT2D eigenvalue weighted by molar-refractivity contribution is 4.86. The zero-order valence-corrected chi connectivity index (χ0v) is 8.20. The third-order valence-electron chi connectivity index (χ3n) is 2.07. The first-order chi connectivity index (χ1) is 6.06. The Kier molecular flexibility index (Phi) is 5.95. The highest BCUT2D eigenvalue weighted by atomic mass is 16.5. The molecule has 2 atom stereocenters. The van der Waals surface area contributed by atoms with Crippen LogP contribution in [0.2, 0.25) is 0 Å². The van der Waals surface area contributed by atoms with Crippen LogP contribution >= 0.6 is 0 Å². The molecule has 1 radical (unpaired) electrons. The lowest BCUT2D eigenvalue weighted by Crippen LogP contribution is -2.40. The van der Waals surface area contributed by atoms with E-state index in [-0.39, 0.29) is 6.61 Å². The first-order valence-corrected chi connectivity index (χ1v) is 4.43. The Morgan fingerprint density at radius 3 is 2.62 bits per heavy atom. The van der Waals surface area contributed by atoms with E-state index in [1.54, 1.807) is 13.0 Å². The average Bonchev–Trinajstić information content (AvgIpc) is 2.11. The van der Waals surface area contributed by atoms with Crippen LogP contribution in [0.5, 0.6) is 0 Å². The molecule has 0 aromatic heterocycles. The minimum absolute atomic E-state index is 0.0970. The number of aliphatic hydroxyl groups excluding tert-OH is 2. The molecule has 0 saturated heterocycles. The summed E-state index contributed by atoms with van der Waals surface area (Å²) in [5, 5.41) is 18.0. The monoisotopic (exact) mass is 187 g/mol. The smallest absolute Gasteiger partial charge is 0.0917 e. The van der Waals surface area contributed by atoms with E-state index in [1.807, 2.05) is 0 Å². The first-order valence-electron chi connectivity index (χ1n) is 4.43. The van der Waals surface area contributed by atoms with Gasteiger partial charge in [0.05, 0.1) is 18.3 Å². The quantitative estimate of drug-likeness (QED) is 0.583. The molecule has 0 amide bonds. The van der Waals surface area contributed by atoms with Gasteiger partial charge in [-0.15, -0.1) is 6.58 Å². The van der Waals surface area contributed by atoms with Crippen LogP contribution in [0.25, 0.3) is 0 Å². The molecule has 0 rings (SSSR count). The fraction of sp³-hybridized carbons (Fsp3) is 0.700. The van der Waals surface area contributed by atoms with Crippen molar-refractivity contribution < 1.29 is 14.9 Å². The Morgan fingerprint density at radius 1 is 1.62 bits per heavy atom. The zero-order valence-electron chi connectivity index (χ0n) is 8.20. The van der Waals surface area contributed by atoms with Gasteiger partial charge in [-0.3, -0.25) is 0 Å². The van der Waals surface area contributed by atoms with Crippen molar-refractivity contribution in [3.05, 3.63) is 19.6 Å². The van der Waals surface area contributed by atoms with E-state index >= 15 is 0 Å².